The van der Waals surface area contributed by atoms with Gasteiger partial charge in [-0.2, -0.15) is 4.31 Å². The first kappa shape index (κ1) is 21.7. The molecule has 0 bridgehead atoms. The lowest BCUT2D eigenvalue weighted by Crippen LogP contribution is -2.35. The summed E-state index contributed by atoms with van der Waals surface area (Å²) in [6, 6.07) is 10.4. The van der Waals surface area contributed by atoms with Crippen LogP contribution in [0.5, 0.6) is 0 Å². The van der Waals surface area contributed by atoms with Crippen LogP contribution in [0, 0.1) is 10.1 Å². The van der Waals surface area contributed by atoms with Gasteiger partial charge in [0.25, 0.3) is 11.6 Å². The fourth-order valence-corrected chi connectivity index (χ4v) is 4.88. The number of nitro groups is 1. The van der Waals surface area contributed by atoms with E-state index in [1.807, 2.05) is 0 Å². The average molecular weight is 433 g/mol. The van der Waals surface area contributed by atoms with Gasteiger partial charge in [0.05, 0.1) is 15.4 Å². The third-order valence-electron chi connectivity index (χ3n) is 5.06. The Labute approximate surface area is 175 Å². The fourth-order valence-electron chi connectivity index (χ4n) is 3.36. The summed E-state index contributed by atoms with van der Waals surface area (Å²) in [5.74, 6) is -0.465. The van der Waals surface area contributed by atoms with Crippen molar-refractivity contribution in [3.8, 4) is 0 Å². The van der Waals surface area contributed by atoms with Crippen LogP contribution in [0.25, 0.3) is 0 Å². The Morgan fingerprint density at radius 3 is 2.37 bits per heavy atom. The molecule has 0 saturated carbocycles. The molecule has 1 aliphatic rings. The topological polar surface area (TPSA) is 122 Å². The van der Waals surface area contributed by atoms with Gasteiger partial charge in [-0.05, 0) is 36.6 Å². The summed E-state index contributed by atoms with van der Waals surface area (Å²) in [5.41, 5.74) is 1.18. The van der Waals surface area contributed by atoms with Crippen molar-refractivity contribution in [2.75, 3.05) is 25.5 Å². The predicted octanol–water partition coefficient (Wildman–Crippen LogP) is 2.74. The van der Waals surface area contributed by atoms with Crippen LogP contribution < -0.4 is 10.6 Å². The Hall–Kier alpha value is -2.98. The monoisotopic (exact) mass is 432 g/mol. The van der Waals surface area contributed by atoms with Gasteiger partial charge in [-0.15, -0.1) is 0 Å². The molecule has 2 aromatic carbocycles. The van der Waals surface area contributed by atoms with E-state index in [0.717, 1.165) is 24.8 Å². The number of piperidine rings is 1. The molecule has 0 radical (unpaired) electrons. The lowest BCUT2D eigenvalue weighted by atomic mass is 10.1. The molecule has 1 fully saturated rings. The van der Waals surface area contributed by atoms with E-state index in [0.29, 0.717) is 18.8 Å². The highest BCUT2D eigenvalue weighted by Crippen LogP contribution is 2.23. The smallest absolute Gasteiger partial charge is 0.270 e. The van der Waals surface area contributed by atoms with Gasteiger partial charge in [-0.3, -0.25) is 14.9 Å². The van der Waals surface area contributed by atoms with E-state index in [2.05, 4.69) is 10.6 Å². The second-order valence-electron chi connectivity index (χ2n) is 7.03. The normalized spacial score (nSPS) is 14.8. The number of carbonyl (C=O) groups excluding carboxylic acids is 1. The van der Waals surface area contributed by atoms with Crippen molar-refractivity contribution < 1.29 is 18.1 Å². The van der Waals surface area contributed by atoms with Crippen LogP contribution in [-0.4, -0.2) is 43.7 Å². The van der Waals surface area contributed by atoms with Crippen molar-refractivity contribution in [1.29, 1.82) is 0 Å². The molecule has 0 unspecified atom stereocenters. The largest absolute Gasteiger partial charge is 0.387 e. The molecular formula is C20H24N4O5S. The van der Waals surface area contributed by atoms with Crippen LogP contribution in [0.1, 0.15) is 35.2 Å². The third kappa shape index (κ3) is 4.77. The first-order valence-corrected chi connectivity index (χ1v) is 11.1. The number of benzene rings is 2. The fraction of sp³-hybridized carbons (Fsp3) is 0.350. The van der Waals surface area contributed by atoms with Gasteiger partial charge in [0, 0.05) is 44.5 Å². The number of rotatable bonds is 7. The molecule has 0 aliphatic carbocycles. The zero-order chi connectivity index (χ0) is 21.7. The second kappa shape index (κ2) is 9.23. The number of sulfonamides is 1. The van der Waals surface area contributed by atoms with Crippen molar-refractivity contribution in [3.05, 3.63) is 63.7 Å². The van der Waals surface area contributed by atoms with Crippen LogP contribution in [0.4, 0.5) is 11.4 Å². The number of amides is 1. The number of non-ortho nitro benzene ring substituents is 1. The summed E-state index contributed by atoms with van der Waals surface area (Å²) in [7, 11) is -1.88. The van der Waals surface area contributed by atoms with E-state index in [1.54, 1.807) is 19.2 Å². The maximum Gasteiger partial charge on any atom is 0.270 e. The van der Waals surface area contributed by atoms with E-state index in [9.17, 15) is 23.3 Å². The van der Waals surface area contributed by atoms with Crippen molar-refractivity contribution in [2.24, 2.45) is 0 Å². The number of nitro benzene ring substituents is 1. The highest BCUT2D eigenvalue weighted by molar-refractivity contribution is 7.89. The lowest BCUT2D eigenvalue weighted by Gasteiger charge is -2.25. The standard InChI is InChI=1S/C20H24N4O5S/c1-21-19-10-7-16(24(26)27)13-18(19)20(25)22-14-15-5-8-17(9-6-15)30(28,29)23-11-3-2-4-12-23/h5-10,13,21H,2-4,11-12,14H2,1H3,(H,22,25). The van der Waals surface area contributed by atoms with Gasteiger partial charge >= 0.3 is 0 Å². The quantitative estimate of drug-likeness (QED) is 0.512. The van der Waals surface area contributed by atoms with Crippen LogP contribution in [0.15, 0.2) is 47.4 Å². The molecule has 1 heterocycles. The zero-order valence-electron chi connectivity index (χ0n) is 16.6. The van der Waals surface area contributed by atoms with Gasteiger partial charge < -0.3 is 10.6 Å². The first-order valence-electron chi connectivity index (χ1n) is 9.66. The summed E-state index contributed by atoms with van der Waals surface area (Å²) >= 11 is 0. The van der Waals surface area contributed by atoms with Gasteiger partial charge in [-0.1, -0.05) is 18.6 Å². The second-order valence-corrected chi connectivity index (χ2v) is 8.97. The van der Waals surface area contributed by atoms with E-state index < -0.39 is 20.9 Å². The average Bonchev–Trinajstić information content (AvgIpc) is 2.77. The number of hydrogen-bond acceptors (Lipinski definition) is 6. The minimum atomic E-state index is -3.50. The van der Waals surface area contributed by atoms with Gasteiger partial charge in [-0.25, -0.2) is 8.42 Å². The minimum absolute atomic E-state index is 0.161. The van der Waals surface area contributed by atoms with Gasteiger partial charge in [0.15, 0.2) is 0 Å². The maximum atomic E-state index is 12.7. The van der Waals surface area contributed by atoms with Crippen molar-refractivity contribution >= 4 is 27.3 Å². The van der Waals surface area contributed by atoms with Gasteiger partial charge in [0.2, 0.25) is 10.0 Å². The highest BCUT2D eigenvalue weighted by Gasteiger charge is 2.25. The summed E-state index contributed by atoms with van der Waals surface area (Å²) in [6.45, 7) is 1.24. The zero-order valence-corrected chi connectivity index (χ0v) is 17.4. The van der Waals surface area contributed by atoms with E-state index in [1.165, 1.54) is 34.6 Å². The van der Waals surface area contributed by atoms with E-state index in [4.69, 9.17) is 0 Å². The Bertz CT molecular complexity index is 1030. The van der Waals surface area contributed by atoms with Crippen molar-refractivity contribution in [2.45, 2.75) is 30.7 Å². The van der Waals surface area contributed by atoms with Gasteiger partial charge in [0.1, 0.15) is 0 Å². The highest BCUT2D eigenvalue weighted by atomic mass is 32.2. The molecular weight excluding hydrogens is 408 g/mol. The number of anilines is 1. The molecule has 30 heavy (non-hydrogen) atoms. The summed E-state index contributed by atoms with van der Waals surface area (Å²) in [4.78, 5) is 23.2. The Kier molecular flexibility index (Phi) is 6.68. The SMILES string of the molecule is CNc1ccc([N+](=O)[O-])cc1C(=O)NCc1ccc(S(=O)(=O)N2CCCCC2)cc1. The molecule has 2 N–H and O–H groups in total. The van der Waals surface area contributed by atoms with Crippen molar-refractivity contribution in [3.63, 3.8) is 0 Å². The van der Waals surface area contributed by atoms with Crippen LogP contribution in [0.2, 0.25) is 0 Å². The minimum Gasteiger partial charge on any atom is -0.387 e. The molecule has 2 aromatic rings. The van der Waals surface area contributed by atoms with Crippen LogP contribution in [-0.2, 0) is 16.6 Å². The number of nitrogens with zero attached hydrogens (tertiary/aromatic N) is 2. The Morgan fingerprint density at radius 1 is 1.10 bits per heavy atom. The lowest BCUT2D eigenvalue weighted by molar-refractivity contribution is -0.384. The van der Waals surface area contributed by atoms with E-state index >= 15 is 0 Å². The molecule has 160 valence electrons. The number of hydrogen-bond donors (Lipinski definition) is 2. The first-order chi connectivity index (χ1) is 14.3. The Balaban J connectivity index is 1.69. The molecule has 1 saturated heterocycles. The predicted molar refractivity (Wildman–Crippen MR) is 113 cm³/mol. The maximum absolute atomic E-state index is 12.7. The van der Waals surface area contributed by atoms with Crippen LogP contribution in [0.3, 0.4) is 0 Å². The molecule has 1 aliphatic heterocycles. The number of nitrogens with one attached hydrogen (secondary N) is 2. The summed E-state index contributed by atoms with van der Waals surface area (Å²) in [6.07, 6.45) is 2.79. The number of carbonyl (C=O) groups is 1. The molecule has 1 amide bonds. The third-order valence-corrected chi connectivity index (χ3v) is 6.97. The molecule has 0 aromatic heterocycles. The Morgan fingerprint density at radius 2 is 1.77 bits per heavy atom. The van der Waals surface area contributed by atoms with E-state index in [-0.39, 0.29) is 22.7 Å². The van der Waals surface area contributed by atoms with Crippen molar-refractivity contribution in [1.82, 2.24) is 9.62 Å². The molecule has 10 heteroatoms. The molecule has 3 rings (SSSR count). The molecule has 0 spiro atoms. The summed E-state index contributed by atoms with van der Waals surface area (Å²) < 4.78 is 26.9. The molecule has 9 nitrogen and oxygen atoms in total. The summed E-state index contributed by atoms with van der Waals surface area (Å²) in [5, 5.41) is 16.5. The van der Waals surface area contributed by atoms with Crippen LogP contribution >= 0.6 is 0 Å². The molecule has 0 atom stereocenters.